The van der Waals surface area contributed by atoms with Crippen molar-refractivity contribution in [1.29, 1.82) is 0 Å². The molecule has 0 aliphatic carbocycles. The van der Waals surface area contributed by atoms with Crippen LogP contribution in [0.2, 0.25) is 10.0 Å². The number of carbonyl (C=O) groups is 2. The summed E-state index contributed by atoms with van der Waals surface area (Å²) >= 11 is 13.3. The van der Waals surface area contributed by atoms with Crippen molar-refractivity contribution in [3.8, 4) is 0 Å². The maximum Gasteiger partial charge on any atom is 0.321 e. The lowest BCUT2D eigenvalue weighted by atomic mass is 9.99. The number of aromatic nitrogens is 2. The van der Waals surface area contributed by atoms with Gasteiger partial charge < -0.3 is 15.5 Å². The molecule has 0 spiro atoms. The zero-order valence-corrected chi connectivity index (χ0v) is 19.0. The Morgan fingerprint density at radius 1 is 1.09 bits per heavy atom. The van der Waals surface area contributed by atoms with Crippen molar-refractivity contribution < 1.29 is 14.0 Å². The van der Waals surface area contributed by atoms with E-state index in [1.54, 1.807) is 23.1 Å². The summed E-state index contributed by atoms with van der Waals surface area (Å²) in [6.45, 7) is 1.04. The van der Waals surface area contributed by atoms with Gasteiger partial charge in [-0.05, 0) is 55.3 Å². The molecular weight excluding hydrogens is 476 g/mol. The van der Waals surface area contributed by atoms with Crippen LogP contribution >= 0.6 is 34.5 Å². The van der Waals surface area contributed by atoms with Gasteiger partial charge in [0.2, 0.25) is 5.01 Å². The standard InChI is InChI=1S/C21H18Cl2FN5O2S/c22-13-3-8-16(23)17(10-13)26-21(31)29-9-1-2-12(11-29)19-27-28-20(32-19)18(30)25-15-6-4-14(24)5-7-15/h3-8,10,12H,1-2,9,11H2,(H,25,30)(H,26,31)/t12-/m0/s1. The molecule has 3 amide bonds. The summed E-state index contributed by atoms with van der Waals surface area (Å²) in [5.74, 6) is -0.833. The van der Waals surface area contributed by atoms with E-state index in [1.807, 2.05) is 0 Å². The minimum absolute atomic E-state index is 0.0331. The fourth-order valence-electron chi connectivity index (χ4n) is 3.36. The van der Waals surface area contributed by atoms with Crippen molar-refractivity contribution >= 4 is 57.9 Å². The Balaban J connectivity index is 1.39. The number of halogens is 3. The lowest BCUT2D eigenvalue weighted by molar-refractivity contribution is 0.102. The quantitative estimate of drug-likeness (QED) is 0.491. The number of anilines is 2. The molecule has 2 aromatic carbocycles. The first kappa shape index (κ1) is 22.4. The van der Waals surface area contributed by atoms with Crippen LogP contribution in [0.4, 0.5) is 20.6 Å². The molecule has 4 rings (SSSR count). The summed E-state index contributed by atoms with van der Waals surface area (Å²) in [7, 11) is 0. The molecule has 2 heterocycles. The summed E-state index contributed by atoms with van der Waals surface area (Å²) in [5, 5.41) is 15.4. The van der Waals surface area contributed by atoms with E-state index in [0.717, 1.165) is 12.8 Å². The number of urea groups is 1. The monoisotopic (exact) mass is 493 g/mol. The first-order chi connectivity index (χ1) is 15.4. The second-order valence-corrected chi connectivity index (χ2v) is 9.10. The van der Waals surface area contributed by atoms with Crippen molar-refractivity contribution in [3.63, 3.8) is 0 Å². The molecule has 0 saturated carbocycles. The highest BCUT2D eigenvalue weighted by Gasteiger charge is 2.28. The highest BCUT2D eigenvalue weighted by atomic mass is 35.5. The second kappa shape index (κ2) is 9.81. The van der Waals surface area contributed by atoms with Crippen LogP contribution in [0.1, 0.15) is 33.6 Å². The van der Waals surface area contributed by atoms with Crippen LogP contribution in [0.25, 0.3) is 0 Å². The van der Waals surface area contributed by atoms with Gasteiger partial charge in [0.25, 0.3) is 5.91 Å². The van der Waals surface area contributed by atoms with E-state index in [0.29, 0.717) is 39.5 Å². The topological polar surface area (TPSA) is 87.2 Å². The highest BCUT2D eigenvalue weighted by molar-refractivity contribution is 7.13. The number of nitrogens with one attached hydrogen (secondary N) is 2. The Labute approximate surface area is 197 Å². The molecule has 7 nitrogen and oxygen atoms in total. The van der Waals surface area contributed by atoms with Gasteiger partial charge in [-0.1, -0.05) is 34.5 Å². The number of hydrogen-bond donors (Lipinski definition) is 2. The van der Waals surface area contributed by atoms with Crippen LogP contribution in [0.15, 0.2) is 42.5 Å². The molecule has 32 heavy (non-hydrogen) atoms. The van der Waals surface area contributed by atoms with E-state index in [-0.39, 0.29) is 22.8 Å². The lowest BCUT2D eigenvalue weighted by Crippen LogP contribution is -2.41. The molecule has 1 aliphatic heterocycles. The first-order valence-corrected chi connectivity index (χ1v) is 11.4. The van der Waals surface area contributed by atoms with Crippen molar-refractivity contribution in [2.45, 2.75) is 18.8 Å². The van der Waals surface area contributed by atoms with Crippen LogP contribution in [0, 0.1) is 5.82 Å². The number of hydrogen-bond acceptors (Lipinski definition) is 5. The third-order valence-electron chi connectivity index (χ3n) is 4.96. The van der Waals surface area contributed by atoms with Crippen LogP contribution in [0.5, 0.6) is 0 Å². The Bertz CT molecular complexity index is 1140. The van der Waals surface area contributed by atoms with E-state index < -0.39 is 5.91 Å². The number of benzene rings is 2. The smallest absolute Gasteiger partial charge is 0.321 e. The van der Waals surface area contributed by atoms with E-state index in [1.165, 1.54) is 35.6 Å². The maximum absolute atomic E-state index is 13.0. The van der Waals surface area contributed by atoms with Crippen molar-refractivity contribution in [2.75, 3.05) is 23.7 Å². The Morgan fingerprint density at radius 3 is 2.66 bits per heavy atom. The number of likely N-dealkylation sites (tertiary alicyclic amines) is 1. The van der Waals surface area contributed by atoms with Gasteiger partial charge in [0.1, 0.15) is 10.8 Å². The minimum atomic E-state index is -0.415. The van der Waals surface area contributed by atoms with Gasteiger partial charge in [-0.15, -0.1) is 10.2 Å². The summed E-state index contributed by atoms with van der Waals surface area (Å²) in [4.78, 5) is 26.9. The van der Waals surface area contributed by atoms with Crippen molar-refractivity contribution in [1.82, 2.24) is 15.1 Å². The fraction of sp³-hybridized carbons (Fsp3) is 0.238. The van der Waals surface area contributed by atoms with E-state index >= 15 is 0 Å². The van der Waals surface area contributed by atoms with Gasteiger partial charge in [0.05, 0.1) is 10.7 Å². The summed E-state index contributed by atoms with van der Waals surface area (Å²) in [5.41, 5.74) is 0.912. The number of carbonyl (C=O) groups excluding carboxylic acids is 2. The zero-order valence-electron chi connectivity index (χ0n) is 16.6. The molecule has 1 fully saturated rings. The number of amides is 3. The third-order valence-corrected chi connectivity index (χ3v) is 6.61. The van der Waals surface area contributed by atoms with Crippen molar-refractivity contribution in [3.05, 3.63) is 68.3 Å². The average Bonchev–Trinajstić information content (AvgIpc) is 3.28. The zero-order chi connectivity index (χ0) is 22.7. The van der Waals surface area contributed by atoms with Gasteiger partial charge in [-0.3, -0.25) is 4.79 Å². The molecule has 11 heteroatoms. The van der Waals surface area contributed by atoms with Gasteiger partial charge in [0, 0.05) is 29.7 Å². The summed E-state index contributed by atoms with van der Waals surface area (Å²) < 4.78 is 13.0. The van der Waals surface area contributed by atoms with E-state index in [2.05, 4.69) is 20.8 Å². The Morgan fingerprint density at radius 2 is 1.88 bits per heavy atom. The molecule has 1 aromatic heterocycles. The van der Waals surface area contributed by atoms with Gasteiger partial charge in [0.15, 0.2) is 0 Å². The van der Waals surface area contributed by atoms with E-state index in [9.17, 15) is 14.0 Å². The predicted octanol–water partition coefficient (Wildman–Crippen LogP) is 5.65. The molecule has 0 radical (unpaired) electrons. The molecule has 1 saturated heterocycles. The lowest BCUT2D eigenvalue weighted by Gasteiger charge is -2.31. The fourth-order valence-corrected chi connectivity index (χ4v) is 4.56. The van der Waals surface area contributed by atoms with Crippen LogP contribution in [0.3, 0.4) is 0 Å². The molecule has 3 aromatic rings. The molecule has 1 atom stereocenters. The Hall–Kier alpha value is -2.75. The molecule has 2 N–H and O–H groups in total. The number of nitrogens with zero attached hydrogens (tertiary/aromatic N) is 3. The normalized spacial score (nSPS) is 16.0. The van der Waals surface area contributed by atoms with Crippen LogP contribution in [-0.2, 0) is 0 Å². The summed E-state index contributed by atoms with van der Waals surface area (Å²) in [6, 6.07) is 10.1. The minimum Gasteiger partial charge on any atom is -0.324 e. The first-order valence-electron chi connectivity index (χ1n) is 9.80. The maximum atomic E-state index is 13.0. The summed E-state index contributed by atoms with van der Waals surface area (Å²) in [6.07, 6.45) is 1.62. The predicted molar refractivity (Wildman–Crippen MR) is 123 cm³/mol. The third kappa shape index (κ3) is 5.35. The van der Waals surface area contributed by atoms with Crippen LogP contribution < -0.4 is 10.6 Å². The van der Waals surface area contributed by atoms with Gasteiger partial charge in [-0.25, -0.2) is 9.18 Å². The average molecular weight is 494 g/mol. The SMILES string of the molecule is O=C(Nc1ccc(F)cc1)c1nnc([C@H]2CCCN(C(=O)Nc3cc(Cl)ccc3Cl)C2)s1. The van der Waals surface area contributed by atoms with Crippen LogP contribution in [-0.4, -0.2) is 40.1 Å². The molecule has 0 bridgehead atoms. The van der Waals surface area contributed by atoms with Crippen molar-refractivity contribution in [2.24, 2.45) is 0 Å². The van der Waals surface area contributed by atoms with E-state index in [4.69, 9.17) is 23.2 Å². The molecule has 1 aliphatic rings. The second-order valence-electron chi connectivity index (χ2n) is 7.25. The van der Waals surface area contributed by atoms with Gasteiger partial charge >= 0.3 is 6.03 Å². The Kier molecular flexibility index (Phi) is 6.88. The molecular formula is C21H18Cl2FN5O2S. The highest BCUT2D eigenvalue weighted by Crippen LogP contribution is 2.31. The number of rotatable bonds is 4. The largest absolute Gasteiger partial charge is 0.324 e. The number of piperidine rings is 1. The molecule has 166 valence electrons. The van der Waals surface area contributed by atoms with Gasteiger partial charge in [-0.2, -0.15) is 0 Å². The molecule has 0 unspecified atom stereocenters.